The number of nitrogens with zero attached hydrogens (tertiary/aromatic N) is 1. The Kier molecular flexibility index (Phi) is 6.23. The number of para-hydroxylation sites is 1. The molecule has 5 nitrogen and oxygen atoms in total. The molecule has 1 aliphatic heterocycles. The second-order valence-electron chi connectivity index (χ2n) is 7.59. The first-order valence-electron chi connectivity index (χ1n) is 10.3. The number of thiocarbonyl (C=S) groups is 1. The fourth-order valence-corrected chi connectivity index (χ4v) is 3.82. The Bertz CT molecular complexity index is 1200. The molecule has 1 saturated heterocycles. The SMILES string of the molecule is COc1ccc(/C=C2/NC(=S)N(c3ccccc3C)C2=O)cc1COc1ccc(C)cc1. The number of hydrogen-bond donors (Lipinski definition) is 1. The lowest BCUT2D eigenvalue weighted by atomic mass is 10.1. The van der Waals surface area contributed by atoms with E-state index in [4.69, 9.17) is 21.7 Å². The molecule has 3 aromatic carbocycles. The van der Waals surface area contributed by atoms with Crippen LogP contribution in [0.15, 0.2) is 72.4 Å². The summed E-state index contributed by atoms with van der Waals surface area (Å²) in [6, 6.07) is 21.3. The number of methoxy groups -OCH3 is 1. The largest absolute Gasteiger partial charge is 0.496 e. The van der Waals surface area contributed by atoms with Gasteiger partial charge < -0.3 is 14.8 Å². The summed E-state index contributed by atoms with van der Waals surface area (Å²) in [6.07, 6.45) is 1.79. The van der Waals surface area contributed by atoms with Crippen molar-refractivity contribution in [3.05, 3.63) is 94.7 Å². The fraction of sp³-hybridized carbons (Fsp3) is 0.154. The lowest BCUT2D eigenvalue weighted by molar-refractivity contribution is -0.113. The van der Waals surface area contributed by atoms with Crippen molar-refractivity contribution in [1.29, 1.82) is 0 Å². The Balaban J connectivity index is 1.58. The Morgan fingerprint density at radius 1 is 1.03 bits per heavy atom. The molecule has 0 aromatic heterocycles. The minimum atomic E-state index is -0.183. The van der Waals surface area contributed by atoms with Crippen LogP contribution in [0.25, 0.3) is 6.08 Å². The minimum absolute atomic E-state index is 0.183. The molecule has 3 aromatic rings. The standard InChI is InChI=1S/C26H24N2O3S/c1-17-8-11-21(12-9-17)31-16-20-14-19(10-13-24(20)30-3)15-22-25(29)28(26(32)27-22)23-7-5-4-6-18(23)2/h4-15H,16H2,1-3H3,(H,27,32)/b22-15+. The number of anilines is 1. The molecule has 32 heavy (non-hydrogen) atoms. The zero-order valence-electron chi connectivity index (χ0n) is 18.2. The minimum Gasteiger partial charge on any atom is -0.496 e. The fourth-order valence-electron chi connectivity index (χ4n) is 3.53. The van der Waals surface area contributed by atoms with Crippen molar-refractivity contribution >= 4 is 35.0 Å². The summed E-state index contributed by atoms with van der Waals surface area (Å²) in [5, 5.41) is 3.41. The summed E-state index contributed by atoms with van der Waals surface area (Å²) in [4.78, 5) is 14.6. The van der Waals surface area contributed by atoms with Gasteiger partial charge in [-0.2, -0.15) is 0 Å². The molecular weight excluding hydrogens is 420 g/mol. The molecule has 6 heteroatoms. The smallest absolute Gasteiger partial charge is 0.281 e. The number of carbonyl (C=O) groups is 1. The number of ether oxygens (including phenoxy) is 2. The third kappa shape index (κ3) is 4.50. The van der Waals surface area contributed by atoms with Crippen LogP contribution in [0.2, 0.25) is 0 Å². The van der Waals surface area contributed by atoms with Crippen molar-refractivity contribution in [1.82, 2.24) is 5.32 Å². The van der Waals surface area contributed by atoms with Crippen molar-refractivity contribution in [2.45, 2.75) is 20.5 Å². The van der Waals surface area contributed by atoms with E-state index in [0.29, 0.717) is 17.4 Å². The summed E-state index contributed by atoms with van der Waals surface area (Å²) in [6.45, 7) is 4.34. The molecule has 4 rings (SSSR count). The molecule has 0 bridgehead atoms. The van der Waals surface area contributed by atoms with E-state index in [-0.39, 0.29) is 5.91 Å². The molecule has 162 valence electrons. The lowest BCUT2D eigenvalue weighted by Crippen LogP contribution is -2.30. The van der Waals surface area contributed by atoms with Crippen LogP contribution in [0.5, 0.6) is 11.5 Å². The van der Waals surface area contributed by atoms with E-state index in [1.165, 1.54) is 10.5 Å². The van der Waals surface area contributed by atoms with Crippen LogP contribution in [0.4, 0.5) is 5.69 Å². The number of amides is 1. The van der Waals surface area contributed by atoms with Crippen LogP contribution < -0.4 is 19.7 Å². The van der Waals surface area contributed by atoms with Crippen molar-refractivity contribution in [3.8, 4) is 11.5 Å². The van der Waals surface area contributed by atoms with Gasteiger partial charge in [-0.05, 0) is 73.6 Å². The van der Waals surface area contributed by atoms with Crippen LogP contribution in [-0.2, 0) is 11.4 Å². The highest BCUT2D eigenvalue weighted by Crippen LogP contribution is 2.27. The van der Waals surface area contributed by atoms with Crippen molar-refractivity contribution < 1.29 is 14.3 Å². The number of aryl methyl sites for hydroxylation is 2. The topological polar surface area (TPSA) is 50.8 Å². The van der Waals surface area contributed by atoms with E-state index < -0.39 is 0 Å². The number of nitrogens with one attached hydrogen (secondary N) is 1. The Hall–Kier alpha value is -3.64. The third-order valence-electron chi connectivity index (χ3n) is 5.27. The van der Waals surface area contributed by atoms with E-state index in [2.05, 4.69) is 5.32 Å². The quantitative estimate of drug-likeness (QED) is 0.421. The molecule has 0 atom stereocenters. The summed E-state index contributed by atoms with van der Waals surface area (Å²) < 4.78 is 11.4. The average Bonchev–Trinajstić information content (AvgIpc) is 3.06. The average molecular weight is 445 g/mol. The number of hydrogen-bond acceptors (Lipinski definition) is 4. The van der Waals surface area contributed by atoms with E-state index in [1.807, 2.05) is 80.6 Å². The van der Waals surface area contributed by atoms with Gasteiger partial charge in [0.25, 0.3) is 5.91 Å². The number of carbonyl (C=O) groups excluding carboxylic acids is 1. The maximum absolute atomic E-state index is 13.1. The summed E-state index contributed by atoms with van der Waals surface area (Å²) >= 11 is 5.44. The second kappa shape index (κ2) is 9.24. The molecule has 0 aliphatic carbocycles. The molecule has 1 fully saturated rings. The Labute approximate surface area is 193 Å². The van der Waals surface area contributed by atoms with Crippen molar-refractivity contribution in [2.75, 3.05) is 12.0 Å². The lowest BCUT2D eigenvalue weighted by Gasteiger charge is -2.16. The predicted octanol–water partition coefficient (Wildman–Crippen LogP) is 5.15. The number of benzene rings is 3. The van der Waals surface area contributed by atoms with Gasteiger partial charge in [-0.1, -0.05) is 42.0 Å². The molecule has 0 saturated carbocycles. The monoisotopic (exact) mass is 444 g/mol. The van der Waals surface area contributed by atoms with Gasteiger partial charge in [-0.25, -0.2) is 0 Å². The van der Waals surface area contributed by atoms with E-state index in [1.54, 1.807) is 13.2 Å². The molecule has 0 radical (unpaired) electrons. The zero-order valence-corrected chi connectivity index (χ0v) is 19.0. The van der Waals surface area contributed by atoms with Crippen LogP contribution >= 0.6 is 12.2 Å². The van der Waals surface area contributed by atoms with Crippen LogP contribution in [0.1, 0.15) is 22.3 Å². The molecular formula is C26H24N2O3S. The van der Waals surface area contributed by atoms with Crippen LogP contribution in [0.3, 0.4) is 0 Å². The van der Waals surface area contributed by atoms with Gasteiger partial charge in [0.1, 0.15) is 23.8 Å². The highest BCUT2D eigenvalue weighted by Gasteiger charge is 2.32. The molecule has 1 amide bonds. The highest BCUT2D eigenvalue weighted by molar-refractivity contribution is 7.80. The Morgan fingerprint density at radius 3 is 2.50 bits per heavy atom. The van der Waals surface area contributed by atoms with Crippen LogP contribution in [-0.4, -0.2) is 18.1 Å². The second-order valence-corrected chi connectivity index (χ2v) is 7.97. The first-order valence-corrected chi connectivity index (χ1v) is 10.7. The van der Waals surface area contributed by atoms with Gasteiger partial charge in [-0.3, -0.25) is 9.69 Å². The number of rotatable bonds is 6. The maximum Gasteiger partial charge on any atom is 0.281 e. The van der Waals surface area contributed by atoms with Gasteiger partial charge in [0.2, 0.25) is 0 Å². The molecule has 1 heterocycles. The molecule has 0 unspecified atom stereocenters. The first-order chi connectivity index (χ1) is 15.5. The zero-order chi connectivity index (χ0) is 22.7. The van der Waals surface area contributed by atoms with E-state index in [9.17, 15) is 4.79 Å². The van der Waals surface area contributed by atoms with Gasteiger partial charge in [0.15, 0.2) is 5.11 Å². The molecule has 0 spiro atoms. The summed E-state index contributed by atoms with van der Waals surface area (Å²) in [7, 11) is 1.63. The van der Waals surface area contributed by atoms with E-state index in [0.717, 1.165) is 33.9 Å². The third-order valence-corrected chi connectivity index (χ3v) is 5.55. The molecule has 1 aliphatic rings. The first kappa shape index (κ1) is 21.6. The van der Waals surface area contributed by atoms with E-state index >= 15 is 0 Å². The van der Waals surface area contributed by atoms with Gasteiger partial charge in [0, 0.05) is 5.56 Å². The van der Waals surface area contributed by atoms with Crippen molar-refractivity contribution in [2.24, 2.45) is 0 Å². The molecule has 1 N–H and O–H groups in total. The van der Waals surface area contributed by atoms with Crippen molar-refractivity contribution in [3.63, 3.8) is 0 Å². The van der Waals surface area contributed by atoms with Crippen LogP contribution in [0, 0.1) is 13.8 Å². The van der Waals surface area contributed by atoms with Gasteiger partial charge in [-0.15, -0.1) is 0 Å². The normalized spacial score (nSPS) is 14.6. The predicted molar refractivity (Wildman–Crippen MR) is 131 cm³/mol. The van der Waals surface area contributed by atoms with Gasteiger partial charge in [0.05, 0.1) is 12.8 Å². The highest BCUT2D eigenvalue weighted by atomic mass is 32.1. The van der Waals surface area contributed by atoms with Gasteiger partial charge >= 0.3 is 0 Å². The summed E-state index contributed by atoms with van der Waals surface area (Å²) in [5.41, 5.74) is 5.08. The maximum atomic E-state index is 13.1. The Morgan fingerprint density at radius 2 is 1.78 bits per heavy atom. The summed E-state index contributed by atoms with van der Waals surface area (Å²) in [5.74, 6) is 1.33.